The number of halogens is 3. The minimum atomic E-state index is -4.46. The Bertz CT molecular complexity index is 1180. The number of nitrogens with one attached hydrogen (secondary N) is 1. The van der Waals surface area contributed by atoms with Crippen LogP contribution in [0.15, 0.2) is 53.4 Å². The summed E-state index contributed by atoms with van der Waals surface area (Å²) in [7, 11) is -3.36. The quantitative estimate of drug-likeness (QED) is 0.629. The van der Waals surface area contributed by atoms with Crippen molar-refractivity contribution in [2.24, 2.45) is 0 Å². The topological polar surface area (TPSA) is 76.1 Å². The second-order valence-electron chi connectivity index (χ2n) is 5.87. The minimum absolute atomic E-state index is 0.144. The molecule has 0 aliphatic heterocycles. The molecule has 1 aromatic heterocycles. The lowest BCUT2D eigenvalue weighted by atomic mass is 10.1. The molecule has 5 nitrogen and oxygen atoms in total. The predicted octanol–water partition coefficient (Wildman–Crippen LogP) is 4.37. The number of aromatic nitrogens is 1. The summed E-state index contributed by atoms with van der Waals surface area (Å²) in [6.07, 6.45) is -1.00. The van der Waals surface area contributed by atoms with Gasteiger partial charge in [0.2, 0.25) is 5.91 Å². The van der Waals surface area contributed by atoms with Gasteiger partial charge in [0.25, 0.3) is 0 Å². The van der Waals surface area contributed by atoms with Gasteiger partial charge in [0.15, 0.2) is 15.0 Å². The van der Waals surface area contributed by atoms with Crippen LogP contribution in [0.1, 0.15) is 11.1 Å². The van der Waals surface area contributed by atoms with Gasteiger partial charge >= 0.3 is 6.18 Å². The number of hydrogen-bond acceptors (Lipinski definition) is 5. The average molecular weight is 426 g/mol. The van der Waals surface area contributed by atoms with Crippen LogP contribution < -0.4 is 5.32 Å². The zero-order chi connectivity index (χ0) is 20.5. The Morgan fingerprint density at radius 3 is 2.61 bits per heavy atom. The molecule has 0 spiro atoms. The molecular formula is C18H13F3N2O3S2. The number of thiazole rings is 1. The van der Waals surface area contributed by atoms with Gasteiger partial charge < -0.3 is 0 Å². The molecule has 0 aliphatic carbocycles. The molecule has 10 heteroatoms. The molecule has 0 fully saturated rings. The summed E-state index contributed by atoms with van der Waals surface area (Å²) < 4.78 is 61.9. The molecule has 2 aromatic carbocycles. The standard InChI is InChI=1S/C18H13F3N2O3S2/c1-28(25,26)13-6-7-14-15(10-13)27-17(22-14)23-16(24)8-5-11-3-2-4-12(9-11)18(19,20)21/h2-10H,1H3,(H,22,23,24)/b8-5-. The molecule has 1 amide bonds. The van der Waals surface area contributed by atoms with Crippen LogP contribution in [-0.2, 0) is 20.8 Å². The third kappa shape index (κ3) is 4.76. The van der Waals surface area contributed by atoms with Crippen molar-refractivity contribution in [3.05, 3.63) is 59.7 Å². The minimum Gasteiger partial charge on any atom is -0.298 e. The fourth-order valence-corrected chi connectivity index (χ4v) is 3.96. The summed E-state index contributed by atoms with van der Waals surface area (Å²) in [4.78, 5) is 16.4. The molecule has 0 unspecified atom stereocenters. The Morgan fingerprint density at radius 1 is 1.18 bits per heavy atom. The van der Waals surface area contributed by atoms with E-state index in [1.165, 1.54) is 36.4 Å². The third-order valence-corrected chi connectivity index (χ3v) is 5.70. The Kier molecular flexibility index (Phi) is 5.26. The first-order valence-corrected chi connectivity index (χ1v) is 10.5. The molecule has 0 radical (unpaired) electrons. The van der Waals surface area contributed by atoms with Crippen molar-refractivity contribution in [2.75, 3.05) is 11.6 Å². The molecule has 0 saturated heterocycles. The highest BCUT2D eigenvalue weighted by atomic mass is 32.2. The van der Waals surface area contributed by atoms with Crippen LogP contribution in [0, 0.1) is 0 Å². The maximum atomic E-state index is 12.7. The van der Waals surface area contributed by atoms with E-state index in [4.69, 9.17) is 0 Å². The maximum Gasteiger partial charge on any atom is 0.416 e. The van der Waals surface area contributed by atoms with E-state index in [2.05, 4.69) is 10.3 Å². The lowest BCUT2D eigenvalue weighted by molar-refractivity contribution is -0.137. The number of carbonyl (C=O) groups is 1. The van der Waals surface area contributed by atoms with Crippen molar-refractivity contribution in [1.82, 2.24) is 4.98 Å². The average Bonchev–Trinajstić information content (AvgIpc) is 3.00. The van der Waals surface area contributed by atoms with Gasteiger partial charge in [0.1, 0.15) is 0 Å². The number of rotatable bonds is 4. The molecule has 1 N–H and O–H groups in total. The van der Waals surface area contributed by atoms with Gasteiger partial charge in [0, 0.05) is 12.3 Å². The highest BCUT2D eigenvalue weighted by molar-refractivity contribution is 7.90. The van der Waals surface area contributed by atoms with E-state index in [0.717, 1.165) is 35.8 Å². The third-order valence-electron chi connectivity index (χ3n) is 3.66. The molecule has 0 atom stereocenters. The number of benzene rings is 2. The number of alkyl halides is 3. The zero-order valence-electron chi connectivity index (χ0n) is 14.3. The smallest absolute Gasteiger partial charge is 0.298 e. The molecule has 146 valence electrons. The SMILES string of the molecule is CS(=O)(=O)c1ccc2nc(NC(=O)/C=C\c3cccc(C(F)(F)F)c3)sc2c1. The molecule has 1 heterocycles. The first-order chi connectivity index (χ1) is 13.0. The monoisotopic (exact) mass is 426 g/mol. The van der Waals surface area contributed by atoms with E-state index in [1.54, 1.807) is 0 Å². The van der Waals surface area contributed by atoms with Crippen LogP contribution in [-0.4, -0.2) is 25.6 Å². The predicted molar refractivity (Wildman–Crippen MR) is 102 cm³/mol. The molecule has 28 heavy (non-hydrogen) atoms. The van der Waals surface area contributed by atoms with E-state index in [9.17, 15) is 26.4 Å². The first-order valence-electron chi connectivity index (χ1n) is 7.79. The lowest BCUT2D eigenvalue weighted by Gasteiger charge is -2.06. The van der Waals surface area contributed by atoms with E-state index in [1.807, 2.05) is 0 Å². The second-order valence-corrected chi connectivity index (χ2v) is 8.91. The summed E-state index contributed by atoms with van der Waals surface area (Å²) in [5.74, 6) is -0.570. The fourth-order valence-electron chi connectivity index (χ4n) is 2.33. The summed E-state index contributed by atoms with van der Waals surface area (Å²) in [6.45, 7) is 0. The number of amides is 1. The Labute approximate surface area is 162 Å². The van der Waals surface area contributed by atoms with E-state index < -0.39 is 27.5 Å². The second kappa shape index (κ2) is 7.36. The van der Waals surface area contributed by atoms with E-state index in [0.29, 0.717) is 10.2 Å². The van der Waals surface area contributed by atoms with Gasteiger partial charge in [-0.15, -0.1) is 0 Å². The highest BCUT2D eigenvalue weighted by Crippen LogP contribution is 2.30. The molecular weight excluding hydrogens is 413 g/mol. The Balaban J connectivity index is 1.75. The number of fused-ring (bicyclic) bond motifs is 1. The summed E-state index contributed by atoms with van der Waals surface area (Å²) in [5, 5.41) is 2.76. The number of nitrogens with zero attached hydrogens (tertiary/aromatic N) is 1. The van der Waals surface area contributed by atoms with Crippen molar-refractivity contribution in [3.63, 3.8) is 0 Å². The summed E-state index contributed by atoms with van der Waals surface area (Å²) >= 11 is 1.09. The Morgan fingerprint density at radius 2 is 1.93 bits per heavy atom. The first kappa shape index (κ1) is 20.0. The molecule has 0 bridgehead atoms. The van der Waals surface area contributed by atoms with Crippen molar-refractivity contribution < 1.29 is 26.4 Å². The lowest BCUT2D eigenvalue weighted by Crippen LogP contribution is -2.07. The van der Waals surface area contributed by atoms with Crippen LogP contribution in [0.4, 0.5) is 18.3 Å². The van der Waals surface area contributed by atoms with Gasteiger partial charge in [-0.05, 0) is 42.0 Å². The normalized spacial score (nSPS) is 12.6. The number of anilines is 1. The largest absolute Gasteiger partial charge is 0.416 e. The van der Waals surface area contributed by atoms with Gasteiger partial charge in [-0.3, -0.25) is 10.1 Å². The van der Waals surface area contributed by atoms with Crippen molar-refractivity contribution in [3.8, 4) is 0 Å². The summed E-state index contributed by atoms with van der Waals surface area (Å²) in [6, 6.07) is 9.03. The highest BCUT2D eigenvalue weighted by Gasteiger charge is 2.30. The van der Waals surface area contributed by atoms with Crippen LogP contribution in [0.2, 0.25) is 0 Å². The molecule has 3 rings (SSSR count). The summed E-state index contributed by atoms with van der Waals surface area (Å²) in [5.41, 5.74) is -0.0514. The number of carbonyl (C=O) groups excluding carboxylic acids is 1. The van der Waals surface area contributed by atoms with Crippen molar-refractivity contribution in [1.29, 1.82) is 0 Å². The van der Waals surface area contributed by atoms with Gasteiger partial charge in [0.05, 0.1) is 20.7 Å². The number of hydrogen-bond donors (Lipinski definition) is 1. The molecule has 3 aromatic rings. The van der Waals surface area contributed by atoms with Gasteiger partial charge in [-0.1, -0.05) is 23.5 Å². The van der Waals surface area contributed by atoms with Crippen LogP contribution in [0.25, 0.3) is 16.3 Å². The fraction of sp³-hybridized carbons (Fsp3) is 0.111. The van der Waals surface area contributed by atoms with Gasteiger partial charge in [-0.25, -0.2) is 13.4 Å². The van der Waals surface area contributed by atoms with Crippen LogP contribution in [0.5, 0.6) is 0 Å². The van der Waals surface area contributed by atoms with Crippen molar-refractivity contribution >= 4 is 48.5 Å². The van der Waals surface area contributed by atoms with Crippen molar-refractivity contribution in [2.45, 2.75) is 11.1 Å². The zero-order valence-corrected chi connectivity index (χ0v) is 16.0. The maximum absolute atomic E-state index is 12.7. The van der Waals surface area contributed by atoms with Crippen LogP contribution >= 0.6 is 11.3 Å². The molecule has 0 saturated carbocycles. The molecule has 0 aliphatic rings. The number of sulfone groups is 1. The van der Waals surface area contributed by atoms with Crippen LogP contribution in [0.3, 0.4) is 0 Å². The van der Waals surface area contributed by atoms with E-state index in [-0.39, 0.29) is 15.6 Å². The Hall–Kier alpha value is -2.72. The van der Waals surface area contributed by atoms with Gasteiger partial charge in [-0.2, -0.15) is 13.2 Å². The van der Waals surface area contributed by atoms with E-state index >= 15 is 0 Å².